The van der Waals surface area contributed by atoms with Crippen molar-refractivity contribution in [2.75, 3.05) is 13.3 Å². The maximum absolute atomic E-state index is 12.4. The molecule has 0 bridgehead atoms. The number of sulfonamides is 1. The number of nitrogens with one attached hydrogen (secondary N) is 2. The van der Waals surface area contributed by atoms with Gasteiger partial charge < -0.3 is 14.8 Å². The summed E-state index contributed by atoms with van der Waals surface area (Å²) in [5.41, 5.74) is 1.18. The van der Waals surface area contributed by atoms with Crippen LogP contribution in [0.5, 0.6) is 11.5 Å². The van der Waals surface area contributed by atoms with E-state index in [1.54, 1.807) is 18.2 Å². The lowest BCUT2D eigenvalue weighted by Crippen LogP contribution is -2.25. The Morgan fingerprint density at radius 1 is 1.08 bits per heavy atom. The summed E-state index contributed by atoms with van der Waals surface area (Å²) >= 11 is 0. The summed E-state index contributed by atoms with van der Waals surface area (Å²) < 4.78 is 37.9. The highest BCUT2D eigenvalue weighted by molar-refractivity contribution is 7.89. The van der Waals surface area contributed by atoms with Crippen LogP contribution in [-0.2, 0) is 16.6 Å². The third-order valence-electron chi connectivity index (χ3n) is 3.87. The van der Waals surface area contributed by atoms with E-state index in [2.05, 4.69) is 10.0 Å². The summed E-state index contributed by atoms with van der Waals surface area (Å²) in [6.45, 7) is 2.83. The lowest BCUT2D eigenvalue weighted by atomic mass is 10.2. The van der Waals surface area contributed by atoms with E-state index < -0.39 is 10.0 Å². The van der Waals surface area contributed by atoms with Gasteiger partial charge in [-0.2, -0.15) is 0 Å². The number of hydrogen-bond donors (Lipinski definition) is 2. The van der Waals surface area contributed by atoms with Gasteiger partial charge in [-0.25, -0.2) is 13.1 Å². The molecule has 2 aromatic carbocycles. The quantitative estimate of drug-likeness (QED) is 0.771. The number of hydrogen-bond acceptors (Lipinski definition) is 5. The van der Waals surface area contributed by atoms with Gasteiger partial charge in [0.25, 0.3) is 5.91 Å². The Labute approximate surface area is 152 Å². The van der Waals surface area contributed by atoms with Crippen LogP contribution in [0.25, 0.3) is 0 Å². The van der Waals surface area contributed by atoms with Crippen LogP contribution in [0, 0.1) is 0 Å². The van der Waals surface area contributed by atoms with E-state index in [-0.39, 0.29) is 24.1 Å². The molecule has 0 spiro atoms. The molecule has 0 atom stereocenters. The van der Waals surface area contributed by atoms with Crippen molar-refractivity contribution >= 4 is 15.9 Å². The van der Waals surface area contributed by atoms with E-state index in [0.717, 1.165) is 12.0 Å². The van der Waals surface area contributed by atoms with Crippen LogP contribution in [0.4, 0.5) is 0 Å². The Morgan fingerprint density at radius 3 is 2.54 bits per heavy atom. The lowest BCUT2D eigenvalue weighted by Gasteiger charge is -2.09. The van der Waals surface area contributed by atoms with Crippen LogP contribution in [-0.4, -0.2) is 27.7 Å². The maximum atomic E-state index is 12.4. The largest absolute Gasteiger partial charge is 0.454 e. The number of amides is 1. The fraction of sp³-hybridized carbons (Fsp3) is 0.278. The average Bonchev–Trinajstić information content (AvgIpc) is 3.12. The van der Waals surface area contributed by atoms with Gasteiger partial charge >= 0.3 is 0 Å². The Hall–Kier alpha value is -2.58. The van der Waals surface area contributed by atoms with Crippen LogP contribution >= 0.6 is 0 Å². The smallest absolute Gasteiger partial charge is 0.251 e. The van der Waals surface area contributed by atoms with Gasteiger partial charge in [-0.15, -0.1) is 0 Å². The minimum atomic E-state index is -3.69. The van der Waals surface area contributed by atoms with Gasteiger partial charge in [0.05, 0.1) is 4.90 Å². The van der Waals surface area contributed by atoms with Crippen molar-refractivity contribution in [2.45, 2.75) is 24.8 Å². The monoisotopic (exact) mass is 376 g/mol. The van der Waals surface area contributed by atoms with E-state index >= 15 is 0 Å². The second kappa shape index (κ2) is 7.76. The zero-order valence-electron chi connectivity index (χ0n) is 14.3. The summed E-state index contributed by atoms with van der Waals surface area (Å²) in [6.07, 6.45) is 0.835. The molecule has 1 amide bonds. The molecule has 0 aromatic heterocycles. The second-order valence-electron chi connectivity index (χ2n) is 5.79. The number of carbonyl (C=O) groups excluding carboxylic acids is 1. The van der Waals surface area contributed by atoms with Crippen LogP contribution in [0.2, 0.25) is 0 Å². The minimum absolute atomic E-state index is 0.102. The number of benzene rings is 2. The maximum Gasteiger partial charge on any atom is 0.251 e. The van der Waals surface area contributed by atoms with Crippen molar-refractivity contribution < 1.29 is 22.7 Å². The first kappa shape index (κ1) is 18.2. The van der Waals surface area contributed by atoms with Crippen LogP contribution in [0.1, 0.15) is 29.3 Å². The highest BCUT2D eigenvalue weighted by atomic mass is 32.2. The Balaban J connectivity index is 1.65. The first-order valence-corrected chi connectivity index (χ1v) is 9.74. The number of ether oxygens (including phenoxy) is 2. The van der Waals surface area contributed by atoms with Gasteiger partial charge in [0.2, 0.25) is 16.8 Å². The topological polar surface area (TPSA) is 93.7 Å². The van der Waals surface area contributed by atoms with Gasteiger partial charge in [-0.3, -0.25) is 4.79 Å². The predicted octanol–water partition coefficient (Wildman–Crippen LogP) is 2.03. The number of fused-ring (bicyclic) bond motifs is 1. The summed E-state index contributed by atoms with van der Waals surface area (Å²) in [5.74, 6) is 1.03. The Bertz CT molecular complexity index is 894. The minimum Gasteiger partial charge on any atom is -0.454 e. The zero-order valence-corrected chi connectivity index (χ0v) is 15.1. The molecule has 2 N–H and O–H groups in total. The molecule has 0 saturated carbocycles. The van der Waals surface area contributed by atoms with Crippen molar-refractivity contribution in [1.82, 2.24) is 10.0 Å². The number of rotatable bonds is 7. The van der Waals surface area contributed by atoms with E-state index in [0.29, 0.717) is 23.6 Å². The molecule has 0 unspecified atom stereocenters. The summed E-state index contributed by atoms with van der Waals surface area (Å²) in [5, 5.41) is 2.75. The predicted molar refractivity (Wildman–Crippen MR) is 95.7 cm³/mol. The van der Waals surface area contributed by atoms with Crippen molar-refractivity contribution in [3.63, 3.8) is 0 Å². The van der Waals surface area contributed by atoms with Gasteiger partial charge in [-0.1, -0.05) is 13.0 Å². The molecule has 0 radical (unpaired) electrons. The molecule has 0 fully saturated rings. The van der Waals surface area contributed by atoms with E-state index in [9.17, 15) is 13.2 Å². The van der Waals surface area contributed by atoms with E-state index in [1.165, 1.54) is 24.3 Å². The first-order valence-electron chi connectivity index (χ1n) is 8.26. The first-order chi connectivity index (χ1) is 12.5. The number of carbonyl (C=O) groups is 1. The van der Waals surface area contributed by atoms with E-state index in [4.69, 9.17) is 9.47 Å². The van der Waals surface area contributed by atoms with Crippen LogP contribution in [0.3, 0.4) is 0 Å². The normalized spacial score (nSPS) is 12.8. The summed E-state index contributed by atoms with van der Waals surface area (Å²) in [4.78, 5) is 12.0. The Kier molecular flexibility index (Phi) is 5.43. The van der Waals surface area contributed by atoms with Crippen molar-refractivity contribution in [3.8, 4) is 11.5 Å². The lowest BCUT2D eigenvalue weighted by molar-refractivity contribution is 0.0953. The summed E-state index contributed by atoms with van der Waals surface area (Å²) in [7, 11) is -3.69. The third-order valence-corrected chi connectivity index (χ3v) is 5.28. The molecular formula is C18H20N2O5S. The van der Waals surface area contributed by atoms with Gasteiger partial charge in [0.1, 0.15) is 0 Å². The fourth-order valence-electron chi connectivity index (χ4n) is 2.44. The van der Waals surface area contributed by atoms with Crippen molar-refractivity contribution in [2.24, 2.45) is 0 Å². The van der Waals surface area contributed by atoms with Gasteiger partial charge in [-0.05, 0) is 48.4 Å². The van der Waals surface area contributed by atoms with Gasteiger partial charge in [0, 0.05) is 18.7 Å². The highest BCUT2D eigenvalue weighted by Crippen LogP contribution is 2.32. The molecular weight excluding hydrogens is 356 g/mol. The standard InChI is InChI=1S/C18H20N2O5S/c1-2-9-19-18(21)14-4-6-15(7-5-14)26(22,23)20-11-13-3-8-16-17(10-13)25-12-24-16/h3-8,10,20H,2,9,11-12H2,1H3,(H,19,21). The third kappa shape index (κ3) is 4.14. The molecule has 8 heteroatoms. The van der Waals surface area contributed by atoms with E-state index in [1.807, 2.05) is 6.92 Å². The van der Waals surface area contributed by atoms with Crippen LogP contribution in [0.15, 0.2) is 47.4 Å². The molecule has 0 aliphatic carbocycles. The average molecular weight is 376 g/mol. The zero-order chi connectivity index (χ0) is 18.6. The van der Waals surface area contributed by atoms with Crippen molar-refractivity contribution in [3.05, 3.63) is 53.6 Å². The highest BCUT2D eigenvalue weighted by Gasteiger charge is 2.17. The second-order valence-corrected chi connectivity index (χ2v) is 7.56. The summed E-state index contributed by atoms with van der Waals surface area (Å²) in [6, 6.07) is 11.1. The van der Waals surface area contributed by atoms with Gasteiger partial charge in [0.15, 0.2) is 11.5 Å². The molecule has 1 aliphatic rings. The SMILES string of the molecule is CCCNC(=O)c1ccc(S(=O)(=O)NCc2ccc3c(c2)OCO3)cc1. The van der Waals surface area contributed by atoms with Crippen molar-refractivity contribution in [1.29, 1.82) is 0 Å². The molecule has 0 saturated heterocycles. The molecule has 138 valence electrons. The van der Waals surface area contributed by atoms with Crippen LogP contribution < -0.4 is 19.5 Å². The molecule has 3 rings (SSSR count). The Morgan fingerprint density at radius 2 is 1.81 bits per heavy atom. The molecule has 7 nitrogen and oxygen atoms in total. The fourth-order valence-corrected chi connectivity index (χ4v) is 3.46. The molecule has 1 heterocycles. The molecule has 26 heavy (non-hydrogen) atoms. The molecule has 1 aliphatic heterocycles. The molecule has 2 aromatic rings.